The summed E-state index contributed by atoms with van der Waals surface area (Å²) in [6.07, 6.45) is 2.33. The maximum Gasteiger partial charge on any atom is 0.338 e. The molecule has 35 heavy (non-hydrogen) atoms. The molecule has 184 valence electrons. The second-order valence-electron chi connectivity index (χ2n) is 9.03. The van der Waals surface area contributed by atoms with Gasteiger partial charge in [0.05, 0.1) is 30.3 Å². The molecule has 4 rings (SSSR count). The second-order valence-corrected chi connectivity index (χ2v) is 9.03. The van der Waals surface area contributed by atoms with Gasteiger partial charge in [0.2, 0.25) is 5.91 Å². The standard InChI is InChI=1S/C27H30N2O6/c1-3-34-22-12-8-19(9-13-22)24(30)17-35-27(33)20-6-10-21(11-7-20)29-25(31)15-23(26(29)32)28-14-4-5-18(2)16-28/h6-13,18,23H,3-5,14-17H2,1-2H3. The van der Waals surface area contributed by atoms with Gasteiger partial charge in [0.15, 0.2) is 12.4 Å². The number of likely N-dealkylation sites (tertiary alicyclic amines) is 1. The number of piperidine rings is 1. The summed E-state index contributed by atoms with van der Waals surface area (Å²) in [6, 6.07) is 12.3. The Kier molecular flexibility index (Phi) is 7.60. The van der Waals surface area contributed by atoms with E-state index < -0.39 is 18.6 Å². The van der Waals surface area contributed by atoms with Crippen LogP contribution in [0.2, 0.25) is 0 Å². The molecule has 0 spiro atoms. The number of Topliss-reactive ketones (excluding diaryl/α,β-unsaturated/α-hetero) is 1. The van der Waals surface area contributed by atoms with Gasteiger partial charge in [-0.15, -0.1) is 0 Å². The fourth-order valence-corrected chi connectivity index (χ4v) is 4.63. The summed E-state index contributed by atoms with van der Waals surface area (Å²) in [6.45, 7) is 5.81. The number of benzene rings is 2. The van der Waals surface area contributed by atoms with Gasteiger partial charge in [-0.25, -0.2) is 9.69 Å². The van der Waals surface area contributed by atoms with E-state index in [1.807, 2.05) is 6.92 Å². The molecule has 0 aromatic heterocycles. The molecule has 2 aliphatic rings. The molecular weight excluding hydrogens is 448 g/mol. The summed E-state index contributed by atoms with van der Waals surface area (Å²) in [5, 5.41) is 0. The third-order valence-electron chi connectivity index (χ3n) is 6.43. The second kappa shape index (κ2) is 10.8. The SMILES string of the molecule is CCOc1ccc(C(=O)COC(=O)c2ccc(N3C(=O)CC(N4CCCC(C)C4)C3=O)cc2)cc1. The fourth-order valence-electron chi connectivity index (χ4n) is 4.63. The molecule has 2 unspecified atom stereocenters. The smallest absolute Gasteiger partial charge is 0.338 e. The maximum atomic E-state index is 13.0. The first kappa shape index (κ1) is 24.6. The number of hydrogen-bond acceptors (Lipinski definition) is 7. The zero-order valence-corrected chi connectivity index (χ0v) is 20.1. The third-order valence-corrected chi connectivity index (χ3v) is 6.43. The molecule has 2 heterocycles. The molecule has 2 atom stereocenters. The van der Waals surface area contributed by atoms with E-state index in [4.69, 9.17) is 9.47 Å². The van der Waals surface area contributed by atoms with Crippen LogP contribution >= 0.6 is 0 Å². The van der Waals surface area contributed by atoms with Crippen LogP contribution in [0.25, 0.3) is 0 Å². The Bertz CT molecular complexity index is 1100. The lowest BCUT2D eigenvalue weighted by atomic mass is 9.98. The van der Waals surface area contributed by atoms with Crippen LogP contribution in [0.1, 0.15) is 53.8 Å². The Hall–Kier alpha value is -3.52. The van der Waals surface area contributed by atoms with Crippen molar-refractivity contribution in [1.29, 1.82) is 0 Å². The Labute approximate surface area is 204 Å². The normalized spacial score (nSPS) is 20.7. The summed E-state index contributed by atoms with van der Waals surface area (Å²) in [5.74, 6) is -0.283. The zero-order valence-electron chi connectivity index (χ0n) is 20.1. The molecule has 8 heteroatoms. The van der Waals surface area contributed by atoms with Gasteiger partial charge in [-0.2, -0.15) is 0 Å². The quantitative estimate of drug-likeness (QED) is 0.326. The molecule has 2 amide bonds. The highest BCUT2D eigenvalue weighted by atomic mass is 16.5. The topological polar surface area (TPSA) is 93.2 Å². The van der Waals surface area contributed by atoms with Crippen LogP contribution in [0.5, 0.6) is 5.75 Å². The summed E-state index contributed by atoms with van der Waals surface area (Å²) in [7, 11) is 0. The van der Waals surface area contributed by atoms with Crippen LogP contribution in [0, 0.1) is 5.92 Å². The molecule has 0 N–H and O–H groups in total. The molecule has 2 saturated heterocycles. The fraction of sp³-hybridized carbons (Fsp3) is 0.407. The number of rotatable bonds is 8. The largest absolute Gasteiger partial charge is 0.494 e. The third kappa shape index (κ3) is 5.59. The van der Waals surface area contributed by atoms with Crippen molar-refractivity contribution in [2.75, 3.05) is 31.2 Å². The first-order valence-corrected chi connectivity index (χ1v) is 12.0. The Morgan fingerprint density at radius 2 is 1.69 bits per heavy atom. The number of amides is 2. The predicted molar refractivity (Wildman–Crippen MR) is 130 cm³/mol. The lowest BCUT2D eigenvalue weighted by molar-refractivity contribution is -0.123. The van der Waals surface area contributed by atoms with Gasteiger partial charge in [0.1, 0.15) is 5.75 Å². The number of anilines is 1. The molecule has 2 aromatic carbocycles. The molecule has 0 saturated carbocycles. The Morgan fingerprint density at radius 1 is 1.00 bits per heavy atom. The van der Waals surface area contributed by atoms with Crippen molar-refractivity contribution in [3.8, 4) is 5.75 Å². The minimum Gasteiger partial charge on any atom is -0.494 e. The highest BCUT2D eigenvalue weighted by Gasteiger charge is 2.43. The summed E-state index contributed by atoms with van der Waals surface area (Å²) in [4.78, 5) is 53.8. The van der Waals surface area contributed by atoms with E-state index in [0.29, 0.717) is 29.5 Å². The van der Waals surface area contributed by atoms with Gasteiger partial charge in [0.25, 0.3) is 5.91 Å². The molecule has 2 fully saturated rings. The van der Waals surface area contributed by atoms with E-state index in [2.05, 4.69) is 11.8 Å². The van der Waals surface area contributed by atoms with Gasteiger partial charge in [-0.3, -0.25) is 19.3 Å². The molecule has 2 aromatic rings. The van der Waals surface area contributed by atoms with Crippen LogP contribution in [-0.2, 0) is 14.3 Å². The van der Waals surface area contributed by atoms with Gasteiger partial charge < -0.3 is 9.47 Å². The van der Waals surface area contributed by atoms with E-state index in [1.54, 1.807) is 36.4 Å². The molecule has 2 aliphatic heterocycles. The number of ketones is 1. The maximum absolute atomic E-state index is 13.0. The van der Waals surface area contributed by atoms with Crippen molar-refractivity contribution in [2.45, 2.75) is 39.2 Å². The van der Waals surface area contributed by atoms with E-state index >= 15 is 0 Å². The van der Waals surface area contributed by atoms with Crippen molar-refractivity contribution in [3.05, 3.63) is 59.7 Å². The van der Waals surface area contributed by atoms with Crippen LogP contribution in [0.4, 0.5) is 5.69 Å². The molecule has 0 radical (unpaired) electrons. The number of imide groups is 1. The van der Waals surface area contributed by atoms with Crippen LogP contribution < -0.4 is 9.64 Å². The summed E-state index contributed by atoms with van der Waals surface area (Å²) in [5.41, 5.74) is 1.07. The number of ether oxygens (including phenoxy) is 2. The minimum atomic E-state index is -0.657. The van der Waals surface area contributed by atoms with Crippen molar-refractivity contribution in [3.63, 3.8) is 0 Å². The van der Waals surface area contributed by atoms with Gasteiger partial charge in [0, 0.05) is 12.1 Å². The average molecular weight is 479 g/mol. The Balaban J connectivity index is 1.35. The van der Waals surface area contributed by atoms with Gasteiger partial charge in [-0.05, 0) is 80.8 Å². The first-order valence-electron chi connectivity index (χ1n) is 12.0. The lowest BCUT2D eigenvalue weighted by Gasteiger charge is -2.34. The summed E-state index contributed by atoms with van der Waals surface area (Å²) < 4.78 is 10.5. The monoisotopic (exact) mass is 478 g/mol. The van der Waals surface area contributed by atoms with Gasteiger partial charge >= 0.3 is 5.97 Å². The van der Waals surface area contributed by atoms with Gasteiger partial charge in [-0.1, -0.05) is 6.92 Å². The number of carbonyl (C=O) groups is 4. The Morgan fingerprint density at radius 3 is 2.34 bits per heavy atom. The molecule has 0 aliphatic carbocycles. The molecule has 0 bridgehead atoms. The number of carbonyl (C=O) groups excluding carboxylic acids is 4. The highest BCUT2D eigenvalue weighted by Crippen LogP contribution is 2.29. The van der Waals surface area contributed by atoms with E-state index in [9.17, 15) is 19.2 Å². The van der Waals surface area contributed by atoms with Crippen molar-refractivity contribution in [1.82, 2.24) is 4.90 Å². The van der Waals surface area contributed by atoms with Crippen molar-refractivity contribution < 1.29 is 28.7 Å². The van der Waals surface area contributed by atoms with Crippen LogP contribution in [0.3, 0.4) is 0 Å². The lowest BCUT2D eigenvalue weighted by Crippen LogP contribution is -2.46. The first-order chi connectivity index (χ1) is 16.9. The molecular formula is C27H30N2O6. The van der Waals surface area contributed by atoms with E-state index in [1.165, 1.54) is 17.0 Å². The number of hydrogen-bond donors (Lipinski definition) is 0. The number of esters is 1. The summed E-state index contributed by atoms with van der Waals surface area (Å²) >= 11 is 0. The zero-order chi connectivity index (χ0) is 24.9. The van der Waals surface area contributed by atoms with Crippen molar-refractivity contribution in [2.24, 2.45) is 5.92 Å². The van der Waals surface area contributed by atoms with E-state index in [0.717, 1.165) is 25.9 Å². The average Bonchev–Trinajstić information content (AvgIpc) is 3.16. The highest BCUT2D eigenvalue weighted by molar-refractivity contribution is 6.22. The minimum absolute atomic E-state index is 0.170. The van der Waals surface area contributed by atoms with Crippen LogP contribution in [-0.4, -0.2) is 60.8 Å². The van der Waals surface area contributed by atoms with Crippen LogP contribution in [0.15, 0.2) is 48.5 Å². The number of nitrogens with zero attached hydrogens (tertiary/aromatic N) is 2. The molecule has 8 nitrogen and oxygen atoms in total. The van der Waals surface area contributed by atoms with E-state index in [-0.39, 0.29) is 29.6 Å². The van der Waals surface area contributed by atoms with Crippen molar-refractivity contribution >= 4 is 29.3 Å². The predicted octanol–water partition coefficient (Wildman–Crippen LogP) is 3.49.